The zero-order chi connectivity index (χ0) is 30.4. The Labute approximate surface area is 236 Å². The topological polar surface area (TPSA) is 87.3 Å². The van der Waals surface area contributed by atoms with E-state index in [1.807, 2.05) is 10.6 Å². The summed E-state index contributed by atoms with van der Waals surface area (Å²) in [6, 6.07) is 6.40. The molecule has 41 heavy (non-hydrogen) atoms. The third-order valence-corrected chi connectivity index (χ3v) is 7.05. The molecule has 0 radical (unpaired) electrons. The van der Waals surface area contributed by atoms with Crippen LogP contribution >= 0.6 is 23.2 Å². The van der Waals surface area contributed by atoms with Crippen molar-refractivity contribution in [1.29, 1.82) is 0 Å². The highest BCUT2D eigenvalue weighted by Crippen LogP contribution is 2.65. The summed E-state index contributed by atoms with van der Waals surface area (Å²) >= 11 is 12.3. The average Bonchev–Trinajstić information content (AvgIpc) is 3.45. The van der Waals surface area contributed by atoms with Crippen molar-refractivity contribution in [1.82, 2.24) is 0 Å². The number of nitrogens with one attached hydrogen (secondary N) is 3. The largest absolute Gasteiger partial charge is 0.419 e. The van der Waals surface area contributed by atoms with Gasteiger partial charge in [0.15, 0.2) is 5.82 Å². The summed E-state index contributed by atoms with van der Waals surface area (Å²) in [5, 5.41) is 6.30. The van der Waals surface area contributed by atoms with Gasteiger partial charge in [0.2, 0.25) is 11.8 Å². The smallest absolute Gasteiger partial charge is 0.326 e. The first-order chi connectivity index (χ1) is 19.0. The summed E-state index contributed by atoms with van der Waals surface area (Å²) in [5.41, 5.74) is -4.00. The van der Waals surface area contributed by atoms with Gasteiger partial charge in [0.25, 0.3) is 5.91 Å². The second-order valence-electron chi connectivity index (χ2n) is 8.97. The van der Waals surface area contributed by atoms with E-state index < -0.39 is 85.8 Å². The van der Waals surface area contributed by atoms with E-state index in [-0.39, 0.29) is 11.3 Å². The zero-order valence-corrected chi connectivity index (χ0v) is 21.9. The number of amides is 3. The van der Waals surface area contributed by atoms with Crippen molar-refractivity contribution in [3.63, 3.8) is 0 Å². The first kappa shape index (κ1) is 30.1. The minimum absolute atomic E-state index is 0.150. The summed E-state index contributed by atoms with van der Waals surface area (Å²) in [7, 11) is 0. The normalized spacial score (nSPS) is 17.5. The van der Waals surface area contributed by atoms with Crippen LogP contribution in [0.2, 0.25) is 0 Å². The third-order valence-electron chi connectivity index (χ3n) is 6.11. The molecular weight excluding hydrogens is 606 g/mol. The lowest BCUT2D eigenvalue weighted by Crippen LogP contribution is -2.19. The molecule has 0 bridgehead atoms. The standard InChI is InChI=1S/C26H16Cl2F7N3O3/c1-10(39)36-22-17(31)6-7-18(21(22)32)38-23(40)13-9-12(3-5-15(13)29)37-24(41)20-19(25(20,27)28)11-2-4-16(30)14(8-11)26(33,34)35/h2-9,19-20H,1H3,(H,36,39)(H,37,41)(H,38,40)/t19-,20+/m0/s1. The number of carbonyl (C=O) groups is 3. The van der Waals surface area contributed by atoms with E-state index in [1.54, 1.807) is 0 Å². The van der Waals surface area contributed by atoms with Crippen molar-refractivity contribution in [3.8, 4) is 0 Å². The summed E-state index contributed by atoms with van der Waals surface area (Å²) in [4.78, 5) is 36.8. The molecule has 0 saturated heterocycles. The molecule has 1 aliphatic carbocycles. The number of hydrogen-bond acceptors (Lipinski definition) is 3. The molecule has 3 aromatic rings. The van der Waals surface area contributed by atoms with Gasteiger partial charge >= 0.3 is 6.18 Å². The second-order valence-corrected chi connectivity index (χ2v) is 10.4. The fourth-order valence-electron chi connectivity index (χ4n) is 4.15. The minimum atomic E-state index is -5.01. The van der Waals surface area contributed by atoms with Gasteiger partial charge < -0.3 is 16.0 Å². The van der Waals surface area contributed by atoms with Crippen LogP contribution in [0.1, 0.15) is 34.3 Å². The van der Waals surface area contributed by atoms with Crippen LogP contribution in [0.15, 0.2) is 48.5 Å². The molecule has 1 fully saturated rings. The van der Waals surface area contributed by atoms with Gasteiger partial charge in [-0.15, -0.1) is 23.2 Å². The first-order valence-electron chi connectivity index (χ1n) is 11.4. The van der Waals surface area contributed by atoms with Crippen LogP contribution < -0.4 is 16.0 Å². The van der Waals surface area contributed by atoms with Gasteiger partial charge in [0.1, 0.15) is 27.5 Å². The number of halogens is 9. The average molecular weight is 622 g/mol. The van der Waals surface area contributed by atoms with Gasteiger partial charge in [-0.3, -0.25) is 14.4 Å². The number of hydrogen-bond donors (Lipinski definition) is 3. The lowest BCUT2D eigenvalue weighted by molar-refractivity contribution is -0.140. The molecule has 3 amide bonds. The summed E-state index contributed by atoms with van der Waals surface area (Å²) in [5.74, 6) is -10.5. The highest BCUT2D eigenvalue weighted by molar-refractivity contribution is 6.53. The lowest BCUT2D eigenvalue weighted by Gasteiger charge is -2.12. The van der Waals surface area contributed by atoms with Crippen LogP contribution in [-0.4, -0.2) is 22.1 Å². The molecule has 0 unspecified atom stereocenters. The fourth-order valence-corrected chi connectivity index (χ4v) is 4.98. The van der Waals surface area contributed by atoms with Crippen molar-refractivity contribution in [3.05, 3.63) is 88.5 Å². The monoisotopic (exact) mass is 621 g/mol. The Kier molecular flexibility index (Phi) is 7.98. The molecule has 3 aromatic carbocycles. The SMILES string of the molecule is CC(=O)Nc1c(F)ccc(NC(=O)c2cc(NC(=O)[C@H]3[C@H](c4ccc(F)c(C(F)(F)F)c4)C3(Cl)Cl)ccc2F)c1F. The molecule has 0 heterocycles. The van der Waals surface area contributed by atoms with Crippen LogP contribution in [0.5, 0.6) is 0 Å². The lowest BCUT2D eigenvalue weighted by atomic mass is 10.0. The van der Waals surface area contributed by atoms with Crippen LogP contribution in [0.4, 0.5) is 47.8 Å². The van der Waals surface area contributed by atoms with E-state index >= 15 is 0 Å². The predicted molar refractivity (Wildman–Crippen MR) is 136 cm³/mol. The van der Waals surface area contributed by atoms with E-state index in [4.69, 9.17) is 23.2 Å². The second kappa shape index (κ2) is 10.9. The highest BCUT2D eigenvalue weighted by atomic mass is 35.5. The number of alkyl halides is 5. The Morgan fingerprint density at radius 1 is 0.829 bits per heavy atom. The maximum atomic E-state index is 14.7. The first-order valence-corrected chi connectivity index (χ1v) is 12.2. The Morgan fingerprint density at radius 3 is 2.10 bits per heavy atom. The number of rotatable bonds is 6. The van der Waals surface area contributed by atoms with Crippen molar-refractivity contribution >= 4 is 58.0 Å². The fraction of sp³-hybridized carbons (Fsp3) is 0.192. The third kappa shape index (κ3) is 6.10. The molecule has 0 aromatic heterocycles. The van der Waals surface area contributed by atoms with Gasteiger partial charge in [-0.25, -0.2) is 17.6 Å². The molecule has 1 saturated carbocycles. The molecule has 3 N–H and O–H groups in total. The summed E-state index contributed by atoms with van der Waals surface area (Å²) in [6.45, 7) is 1.00. The highest BCUT2D eigenvalue weighted by Gasteiger charge is 2.67. The van der Waals surface area contributed by atoms with E-state index in [0.29, 0.717) is 12.1 Å². The van der Waals surface area contributed by atoms with E-state index in [9.17, 15) is 45.1 Å². The van der Waals surface area contributed by atoms with Crippen LogP contribution in [-0.2, 0) is 15.8 Å². The van der Waals surface area contributed by atoms with Crippen molar-refractivity contribution in [2.24, 2.45) is 5.92 Å². The maximum absolute atomic E-state index is 14.7. The van der Waals surface area contributed by atoms with E-state index in [0.717, 1.165) is 43.3 Å². The van der Waals surface area contributed by atoms with Crippen molar-refractivity contribution in [2.45, 2.75) is 23.4 Å². The number of anilines is 3. The molecule has 1 aliphatic rings. The van der Waals surface area contributed by atoms with Gasteiger partial charge in [-0.05, 0) is 48.0 Å². The molecule has 2 atom stereocenters. The Morgan fingerprint density at radius 2 is 1.46 bits per heavy atom. The Balaban J connectivity index is 1.53. The van der Waals surface area contributed by atoms with Gasteiger partial charge in [0, 0.05) is 18.5 Å². The number of benzene rings is 3. The molecule has 0 spiro atoms. The molecule has 216 valence electrons. The maximum Gasteiger partial charge on any atom is 0.419 e. The van der Waals surface area contributed by atoms with Crippen molar-refractivity contribution in [2.75, 3.05) is 16.0 Å². The predicted octanol–water partition coefficient (Wildman–Crippen LogP) is 7.00. The van der Waals surface area contributed by atoms with Gasteiger partial charge in [-0.1, -0.05) is 6.07 Å². The van der Waals surface area contributed by atoms with Crippen LogP contribution in [0.25, 0.3) is 0 Å². The molecular formula is C26H16Cl2F7N3O3. The molecule has 15 heteroatoms. The Bertz CT molecular complexity index is 1580. The molecule has 6 nitrogen and oxygen atoms in total. The summed E-state index contributed by atoms with van der Waals surface area (Å²) in [6.07, 6.45) is -5.01. The number of carbonyl (C=O) groups excluding carboxylic acids is 3. The van der Waals surface area contributed by atoms with Gasteiger partial charge in [-0.2, -0.15) is 13.2 Å². The zero-order valence-electron chi connectivity index (χ0n) is 20.4. The van der Waals surface area contributed by atoms with Crippen LogP contribution in [0, 0.1) is 29.2 Å². The van der Waals surface area contributed by atoms with Crippen LogP contribution in [0.3, 0.4) is 0 Å². The summed E-state index contributed by atoms with van der Waals surface area (Å²) < 4.78 is 94.2. The molecule has 0 aliphatic heterocycles. The molecule has 4 rings (SSSR count). The minimum Gasteiger partial charge on any atom is -0.326 e. The Hall–Kier alpha value is -3.84. The quantitative estimate of drug-likeness (QED) is 0.205. The van der Waals surface area contributed by atoms with Crippen molar-refractivity contribution < 1.29 is 45.1 Å². The van der Waals surface area contributed by atoms with E-state index in [1.165, 1.54) is 0 Å². The van der Waals surface area contributed by atoms with Gasteiger partial charge in [0.05, 0.1) is 22.7 Å². The van der Waals surface area contributed by atoms with E-state index in [2.05, 4.69) is 5.32 Å².